The highest BCUT2D eigenvalue weighted by Crippen LogP contribution is 2.19. The number of aromatic amines is 1. The van der Waals surface area contributed by atoms with Crippen LogP contribution in [0.5, 0.6) is 0 Å². The van der Waals surface area contributed by atoms with E-state index >= 15 is 0 Å². The molecule has 0 radical (unpaired) electrons. The van der Waals surface area contributed by atoms with E-state index in [2.05, 4.69) is 46.2 Å². The Bertz CT molecular complexity index is 1110. The van der Waals surface area contributed by atoms with Crippen molar-refractivity contribution < 1.29 is 34.2 Å². The Labute approximate surface area is 217 Å². The number of amides is 3. The second-order valence-corrected chi connectivity index (χ2v) is 8.72. The number of hydrogen-bond acceptors (Lipinski definition) is 8. The average molecular weight is 540 g/mol. The number of carbonyl (C=O) groups excluding carboxylic acids is 3. The summed E-state index contributed by atoms with van der Waals surface area (Å²) in [6.45, 7) is 0. The van der Waals surface area contributed by atoms with Crippen molar-refractivity contribution in [3.8, 4) is 0 Å². The van der Waals surface area contributed by atoms with Crippen LogP contribution in [0.4, 0.5) is 0 Å². The van der Waals surface area contributed by atoms with Crippen molar-refractivity contribution in [2.75, 3.05) is 11.5 Å². The maximum Gasteiger partial charge on any atom is 0.326 e. The smallest absolute Gasteiger partial charge is 0.326 e. The molecule has 1 aromatic carbocycles. The van der Waals surface area contributed by atoms with Gasteiger partial charge in [-0.3, -0.25) is 19.2 Å². The third kappa shape index (κ3) is 8.17. The van der Waals surface area contributed by atoms with Gasteiger partial charge in [0.1, 0.15) is 18.1 Å². The van der Waals surface area contributed by atoms with E-state index in [1.165, 1.54) is 0 Å². The van der Waals surface area contributed by atoms with Crippen LogP contribution in [0.3, 0.4) is 0 Å². The van der Waals surface area contributed by atoms with Gasteiger partial charge in [0.15, 0.2) is 0 Å². The number of nitrogens with one attached hydrogen (secondary N) is 4. The Morgan fingerprint density at radius 3 is 2.11 bits per heavy atom. The van der Waals surface area contributed by atoms with Crippen LogP contribution in [0.2, 0.25) is 0 Å². The Kier molecular flexibility index (Phi) is 11.1. The van der Waals surface area contributed by atoms with Gasteiger partial charge in [-0.25, -0.2) is 4.79 Å². The molecule has 4 atom stereocenters. The van der Waals surface area contributed by atoms with Crippen LogP contribution in [0, 0.1) is 0 Å². The summed E-state index contributed by atoms with van der Waals surface area (Å²) >= 11 is 8.08. The number of aromatic nitrogens is 1. The molecule has 36 heavy (non-hydrogen) atoms. The maximum atomic E-state index is 13.2. The van der Waals surface area contributed by atoms with E-state index in [0.29, 0.717) is 0 Å². The Morgan fingerprint density at radius 2 is 1.50 bits per heavy atom. The van der Waals surface area contributed by atoms with Gasteiger partial charge < -0.3 is 36.9 Å². The first kappa shape index (κ1) is 29.0. The minimum absolute atomic E-state index is 0.0435. The lowest BCUT2D eigenvalue weighted by atomic mass is 10.0. The van der Waals surface area contributed by atoms with Gasteiger partial charge in [0.25, 0.3) is 0 Å². The monoisotopic (exact) mass is 539 g/mol. The predicted molar refractivity (Wildman–Crippen MR) is 138 cm³/mol. The topological polar surface area (TPSA) is 204 Å². The van der Waals surface area contributed by atoms with Crippen LogP contribution >= 0.6 is 25.3 Å². The zero-order valence-electron chi connectivity index (χ0n) is 19.1. The van der Waals surface area contributed by atoms with Gasteiger partial charge >= 0.3 is 11.9 Å². The molecule has 14 heteroatoms. The van der Waals surface area contributed by atoms with Crippen LogP contribution in [0.15, 0.2) is 30.5 Å². The molecule has 0 saturated carbocycles. The fraction of sp³-hybridized carbons (Fsp3) is 0.409. The van der Waals surface area contributed by atoms with Crippen molar-refractivity contribution in [1.29, 1.82) is 0 Å². The van der Waals surface area contributed by atoms with Crippen LogP contribution in [0.25, 0.3) is 10.9 Å². The number of carboxylic acids is 2. The molecular formula is C22H29N5O7S2. The number of para-hydroxylation sites is 1. The largest absolute Gasteiger partial charge is 0.481 e. The molecule has 0 bridgehead atoms. The Hall–Kier alpha value is -3.23. The Balaban J connectivity index is 2.19. The lowest BCUT2D eigenvalue weighted by molar-refractivity contribution is -0.143. The number of rotatable bonds is 14. The zero-order chi connectivity index (χ0) is 26.8. The summed E-state index contributed by atoms with van der Waals surface area (Å²) in [5.74, 6) is -4.97. The molecule has 196 valence electrons. The molecule has 1 aromatic heterocycles. The molecule has 3 amide bonds. The highest BCUT2D eigenvalue weighted by molar-refractivity contribution is 7.80. The lowest BCUT2D eigenvalue weighted by Gasteiger charge is -2.24. The quantitative estimate of drug-likeness (QED) is 0.140. The number of fused-ring (bicyclic) bond motifs is 1. The first-order valence-electron chi connectivity index (χ1n) is 10.9. The van der Waals surface area contributed by atoms with Crippen LogP contribution in [0.1, 0.15) is 18.4 Å². The number of benzene rings is 1. The summed E-state index contributed by atoms with van der Waals surface area (Å²) in [5.41, 5.74) is 7.30. The van der Waals surface area contributed by atoms with E-state index in [0.717, 1.165) is 16.5 Å². The first-order valence-corrected chi connectivity index (χ1v) is 12.2. The number of aliphatic carboxylic acids is 2. The van der Waals surface area contributed by atoms with Gasteiger partial charge in [0, 0.05) is 41.4 Å². The fourth-order valence-electron chi connectivity index (χ4n) is 3.36. The van der Waals surface area contributed by atoms with E-state index in [9.17, 15) is 29.1 Å². The molecule has 12 nitrogen and oxygen atoms in total. The SMILES string of the molecule is NC(CS)C(=O)NC(Cc1c[nH]c2ccccc12)C(=O)NC(CS)C(=O)NC(CCC(=O)O)C(=O)O. The molecule has 0 aliphatic heterocycles. The zero-order valence-corrected chi connectivity index (χ0v) is 20.9. The minimum Gasteiger partial charge on any atom is -0.481 e. The molecule has 1 heterocycles. The molecule has 0 saturated heterocycles. The normalized spacial score (nSPS) is 14.3. The highest BCUT2D eigenvalue weighted by Gasteiger charge is 2.30. The van der Waals surface area contributed by atoms with E-state index in [1.807, 2.05) is 24.3 Å². The Morgan fingerprint density at radius 1 is 0.889 bits per heavy atom. The third-order valence-corrected chi connectivity index (χ3v) is 6.10. The molecule has 2 aromatic rings. The maximum absolute atomic E-state index is 13.2. The number of carbonyl (C=O) groups is 5. The van der Waals surface area contributed by atoms with Crippen LogP contribution in [-0.2, 0) is 30.4 Å². The second kappa shape index (κ2) is 13.8. The van der Waals surface area contributed by atoms with Crippen molar-refractivity contribution in [1.82, 2.24) is 20.9 Å². The first-order chi connectivity index (χ1) is 17.1. The summed E-state index contributed by atoms with van der Waals surface area (Å²) in [6.07, 6.45) is 0.959. The summed E-state index contributed by atoms with van der Waals surface area (Å²) in [6, 6.07) is 2.56. The van der Waals surface area contributed by atoms with Gasteiger partial charge in [-0.1, -0.05) is 18.2 Å². The van der Waals surface area contributed by atoms with Crippen LogP contribution < -0.4 is 21.7 Å². The molecule has 2 rings (SSSR count). The van der Waals surface area contributed by atoms with Gasteiger partial charge in [-0.05, 0) is 18.1 Å². The van der Waals surface area contributed by atoms with Gasteiger partial charge in [0.2, 0.25) is 17.7 Å². The molecule has 0 aliphatic rings. The van der Waals surface area contributed by atoms with Gasteiger partial charge in [0.05, 0.1) is 6.04 Å². The molecule has 0 aliphatic carbocycles. The number of nitrogens with two attached hydrogens (primary N) is 1. The minimum atomic E-state index is -1.47. The lowest BCUT2D eigenvalue weighted by Crippen LogP contribution is -2.58. The summed E-state index contributed by atoms with van der Waals surface area (Å²) < 4.78 is 0. The van der Waals surface area contributed by atoms with E-state index in [4.69, 9.17) is 10.8 Å². The predicted octanol–water partition coefficient (Wildman–Crippen LogP) is -0.699. The number of thiol groups is 2. The number of H-pyrrole nitrogens is 1. The van der Waals surface area contributed by atoms with Crippen molar-refractivity contribution in [2.24, 2.45) is 5.73 Å². The average Bonchev–Trinajstić information content (AvgIpc) is 3.26. The van der Waals surface area contributed by atoms with Crippen molar-refractivity contribution >= 4 is 65.8 Å². The number of hydrogen-bond donors (Lipinski definition) is 9. The van der Waals surface area contributed by atoms with Crippen LogP contribution in [-0.4, -0.2) is 80.5 Å². The molecule has 0 fully saturated rings. The van der Waals surface area contributed by atoms with E-state index < -0.39 is 60.2 Å². The van der Waals surface area contributed by atoms with Gasteiger partial charge in [-0.2, -0.15) is 25.3 Å². The molecule has 8 N–H and O–H groups in total. The highest BCUT2D eigenvalue weighted by atomic mass is 32.1. The van der Waals surface area contributed by atoms with Crippen molar-refractivity contribution in [3.63, 3.8) is 0 Å². The van der Waals surface area contributed by atoms with E-state index in [1.54, 1.807) is 6.20 Å². The second-order valence-electron chi connectivity index (χ2n) is 7.99. The van der Waals surface area contributed by atoms with Gasteiger partial charge in [-0.15, -0.1) is 0 Å². The third-order valence-electron chi connectivity index (χ3n) is 5.34. The number of carboxylic acid groups (broad SMARTS) is 2. The standard InChI is InChI=1S/C22H29N5O7S2/c23-13(9-35)19(30)26-16(7-11-8-24-14-4-2-1-3-12(11)14)20(31)27-17(10-36)21(32)25-15(22(33)34)5-6-18(28)29/h1-4,8,13,15-17,24,35-36H,5-7,9-10,23H2,(H,25,32)(H,26,30)(H,27,31)(H,28,29)(H,33,34). The fourth-order valence-corrected chi connectivity index (χ4v) is 3.78. The summed E-state index contributed by atoms with van der Waals surface area (Å²) in [4.78, 5) is 63.5. The molecular weight excluding hydrogens is 510 g/mol. The van der Waals surface area contributed by atoms with Crippen molar-refractivity contribution in [2.45, 2.75) is 43.4 Å². The molecule has 4 unspecified atom stereocenters. The van der Waals surface area contributed by atoms with Crippen molar-refractivity contribution in [3.05, 3.63) is 36.0 Å². The molecule has 0 spiro atoms. The summed E-state index contributed by atoms with van der Waals surface area (Å²) in [7, 11) is 0. The summed E-state index contributed by atoms with van der Waals surface area (Å²) in [5, 5.41) is 26.2. The van der Waals surface area contributed by atoms with E-state index in [-0.39, 0.29) is 24.3 Å².